The molecular formula is C19H12Cl4O5S. The molecule has 0 saturated carbocycles. The summed E-state index contributed by atoms with van der Waals surface area (Å²) in [6.07, 6.45) is 0. The Labute approximate surface area is 186 Å². The van der Waals surface area contributed by atoms with Crippen molar-refractivity contribution in [2.45, 2.75) is 4.75 Å². The van der Waals surface area contributed by atoms with E-state index >= 15 is 0 Å². The fourth-order valence-corrected chi connectivity index (χ4v) is 5.21. The van der Waals surface area contributed by atoms with Crippen molar-refractivity contribution in [2.24, 2.45) is 0 Å². The Bertz CT molecular complexity index is 1190. The smallest absolute Gasteiger partial charge is 0.283 e. The monoisotopic (exact) mass is 492 g/mol. The maximum Gasteiger partial charge on any atom is 0.283 e. The third kappa shape index (κ3) is 3.77. The number of rotatable bonds is 4. The first-order chi connectivity index (χ1) is 13.5. The van der Waals surface area contributed by atoms with E-state index in [-0.39, 0.29) is 36.8 Å². The van der Waals surface area contributed by atoms with Crippen LogP contribution in [0.2, 0.25) is 20.1 Å². The largest absolute Gasteiger partial charge is 0.506 e. The van der Waals surface area contributed by atoms with Crippen LogP contribution in [0.3, 0.4) is 0 Å². The Kier molecular flexibility index (Phi) is 5.98. The molecule has 0 aliphatic heterocycles. The molecule has 3 aromatic carbocycles. The van der Waals surface area contributed by atoms with E-state index in [4.69, 9.17) is 46.4 Å². The molecule has 1 unspecified atom stereocenters. The van der Waals surface area contributed by atoms with Crippen molar-refractivity contribution in [1.82, 2.24) is 0 Å². The average molecular weight is 494 g/mol. The molecule has 1 atom stereocenters. The van der Waals surface area contributed by atoms with Crippen molar-refractivity contribution in [2.75, 3.05) is 0 Å². The van der Waals surface area contributed by atoms with Gasteiger partial charge in [-0.1, -0.05) is 64.6 Å². The molecule has 0 fully saturated rings. The molecule has 0 aliphatic rings. The molecule has 0 aliphatic carbocycles. The second-order valence-corrected chi connectivity index (χ2v) is 9.34. The molecule has 0 heterocycles. The first-order valence-electron chi connectivity index (χ1n) is 7.89. The highest BCUT2D eigenvalue weighted by Crippen LogP contribution is 2.48. The van der Waals surface area contributed by atoms with E-state index in [0.717, 1.165) is 18.2 Å². The van der Waals surface area contributed by atoms with Gasteiger partial charge in [-0.25, -0.2) is 0 Å². The number of aromatic hydroxyl groups is 2. The van der Waals surface area contributed by atoms with Crippen LogP contribution < -0.4 is 0 Å². The topological polar surface area (TPSA) is 94.8 Å². The number of phenols is 2. The van der Waals surface area contributed by atoms with Crippen molar-refractivity contribution < 1.29 is 23.2 Å². The molecule has 3 N–H and O–H groups in total. The van der Waals surface area contributed by atoms with Gasteiger partial charge in [-0.05, 0) is 53.1 Å². The third-order valence-electron chi connectivity index (χ3n) is 4.39. The van der Waals surface area contributed by atoms with Crippen LogP contribution in [0.1, 0.15) is 16.7 Å². The van der Waals surface area contributed by atoms with Crippen LogP contribution in [-0.2, 0) is 14.9 Å². The van der Waals surface area contributed by atoms with Gasteiger partial charge in [-0.15, -0.1) is 0 Å². The number of phenolic OH excluding ortho intramolecular Hbond substituents is 2. The van der Waals surface area contributed by atoms with Crippen LogP contribution in [0.5, 0.6) is 11.5 Å². The summed E-state index contributed by atoms with van der Waals surface area (Å²) in [5, 5.41) is 19.7. The van der Waals surface area contributed by atoms with Crippen LogP contribution in [0, 0.1) is 0 Å². The highest BCUT2D eigenvalue weighted by molar-refractivity contribution is 7.87. The zero-order valence-corrected chi connectivity index (χ0v) is 18.1. The summed E-state index contributed by atoms with van der Waals surface area (Å²) >= 11 is 24.0. The minimum Gasteiger partial charge on any atom is -0.506 e. The first kappa shape index (κ1) is 22.0. The highest BCUT2D eigenvalue weighted by atomic mass is 35.5. The van der Waals surface area contributed by atoms with Gasteiger partial charge in [0.15, 0.2) is 10.5 Å². The molecule has 0 bridgehead atoms. The fraction of sp³-hybridized carbons (Fsp3) is 0.0526. The quantitative estimate of drug-likeness (QED) is 0.311. The van der Waals surface area contributed by atoms with Crippen molar-refractivity contribution in [1.29, 1.82) is 0 Å². The number of hydrogen-bond acceptors (Lipinski definition) is 4. The molecule has 5 nitrogen and oxygen atoms in total. The lowest BCUT2D eigenvalue weighted by molar-refractivity contribution is 0.455. The standard InChI is InChI=1S/C19H12Cl4O5S/c20-13-3-1-2-10(6-13)19(29(26,27)28,11-4-5-14(21)17(24)9-11)12-7-15(22)18(25)16(23)8-12/h1-9,24-25H,(H,26,27,28). The summed E-state index contributed by atoms with van der Waals surface area (Å²) in [6.45, 7) is 0. The molecule has 0 radical (unpaired) electrons. The second-order valence-electron chi connectivity index (χ2n) is 6.12. The fourth-order valence-electron chi connectivity index (χ4n) is 3.15. The molecular weight excluding hydrogens is 482 g/mol. The Morgan fingerprint density at radius 1 is 0.724 bits per heavy atom. The molecule has 0 amide bonds. The molecule has 0 aromatic heterocycles. The van der Waals surface area contributed by atoms with E-state index in [1.54, 1.807) is 0 Å². The Morgan fingerprint density at radius 3 is 1.83 bits per heavy atom. The molecule has 3 aromatic rings. The van der Waals surface area contributed by atoms with E-state index in [1.165, 1.54) is 36.4 Å². The maximum absolute atomic E-state index is 12.9. The predicted octanol–water partition coefficient (Wildman–Crippen LogP) is 5.89. The SMILES string of the molecule is O=S(=O)(O)C(c1cccc(Cl)c1)(c1ccc(Cl)c(O)c1)c1cc(Cl)c(O)c(Cl)c1. The zero-order valence-electron chi connectivity index (χ0n) is 14.3. The number of halogens is 4. The number of hydrogen-bond donors (Lipinski definition) is 3. The van der Waals surface area contributed by atoms with Gasteiger partial charge in [0.05, 0.1) is 15.1 Å². The van der Waals surface area contributed by atoms with Crippen molar-refractivity contribution in [3.63, 3.8) is 0 Å². The summed E-state index contributed by atoms with van der Waals surface area (Å²) in [6, 6.07) is 11.8. The van der Waals surface area contributed by atoms with Crippen LogP contribution in [0.15, 0.2) is 54.6 Å². The van der Waals surface area contributed by atoms with Crippen LogP contribution in [0.25, 0.3) is 0 Å². The van der Waals surface area contributed by atoms with E-state index in [1.807, 2.05) is 0 Å². The Hall–Kier alpha value is -1.67. The van der Waals surface area contributed by atoms with Crippen LogP contribution in [0.4, 0.5) is 0 Å². The van der Waals surface area contributed by atoms with Gasteiger partial charge >= 0.3 is 0 Å². The second kappa shape index (κ2) is 7.87. The summed E-state index contributed by atoms with van der Waals surface area (Å²) in [7, 11) is -4.99. The van der Waals surface area contributed by atoms with Crippen LogP contribution in [-0.4, -0.2) is 23.2 Å². The van der Waals surface area contributed by atoms with Gasteiger partial charge in [0.2, 0.25) is 0 Å². The lowest BCUT2D eigenvalue weighted by Gasteiger charge is -2.33. The van der Waals surface area contributed by atoms with Crippen LogP contribution >= 0.6 is 46.4 Å². The molecule has 10 heteroatoms. The predicted molar refractivity (Wildman–Crippen MR) is 114 cm³/mol. The van der Waals surface area contributed by atoms with Crippen molar-refractivity contribution in [3.8, 4) is 11.5 Å². The summed E-state index contributed by atoms with van der Waals surface area (Å²) in [5.41, 5.74) is -0.0918. The van der Waals surface area contributed by atoms with E-state index in [2.05, 4.69) is 0 Å². The number of benzene rings is 3. The maximum atomic E-state index is 12.9. The van der Waals surface area contributed by atoms with Gasteiger partial charge in [-0.3, -0.25) is 4.55 Å². The zero-order chi connectivity index (χ0) is 21.6. The summed E-state index contributed by atoms with van der Waals surface area (Å²) < 4.78 is 34.0. The molecule has 0 spiro atoms. The molecule has 152 valence electrons. The van der Waals surface area contributed by atoms with Gasteiger partial charge < -0.3 is 10.2 Å². The van der Waals surface area contributed by atoms with Crippen molar-refractivity contribution in [3.05, 3.63) is 91.4 Å². The minimum absolute atomic E-state index is 0.0224. The Morgan fingerprint density at radius 2 is 1.31 bits per heavy atom. The Balaban J connectivity index is 2.56. The molecule has 3 rings (SSSR count). The lowest BCUT2D eigenvalue weighted by Crippen LogP contribution is -2.38. The highest BCUT2D eigenvalue weighted by Gasteiger charge is 2.49. The van der Waals surface area contributed by atoms with E-state index in [0.29, 0.717) is 0 Å². The molecule has 0 saturated heterocycles. The van der Waals surface area contributed by atoms with Gasteiger partial charge in [0.25, 0.3) is 10.1 Å². The molecule has 29 heavy (non-hydrogen) atoms. The summed E-state index contributed by atoms with van der Waals surface area (Å²) in [4.78, 5) is 0. The van der Waals surface area contributed by atoms with Gasteiger partial charge in [0, 0.05) is 5.02 Å². The van der Waals surface area contributed by atoms with Crippen molar-refractivity contribution >= 4 is 56.5 Å². The van der Waals surface area contributed by atoms with Gasteiger partial charge in [0.1, 0.15) is 5.75 Å². The van der Waals surface area contributed by atoms with Gasteiger partial charge in [-0.2, -0.15) is 8.42 Å². The lowest BCUT2D eigenvalue weighted by atomic mass is 9.84. The van der Waals surface area contributed by atoms with E-state index < -0.39 is 26.4 Å². The van der Waals surface area contributed by atoms with E-state index in [9.17, 15) is 23.2 Å². The summed E-state index contributed by atoms with van der Waals surface area (Å²) in [5.74, 6) is -0.860. The average Bonchev–Trinajstić information content (AvgIpc) is 2.62. The first-order valence-corrected chi connectivity index (χ1v) is 10.8. The normalized spacial score (nSPS) is 13.8. The minimum atomic E-state index is -4.99. The third-order valence-corrected chi connectivity index (χ3v) is 7.01.